The first-order valence-corrected chi connectivity index (χ1v) is 25.6. The number of imidazole rings is 1. The molecule has 4 amide bonds. The van der Waals surface area contributed by atoms with E-state index in [0.717, 1.165) is 48.3 Å². The zero-order valence-electron chi connectivity index (χ0n) is 39.4. The molecular weight excluding hydrogens is 919 g/mol. The van der Waals surface area contributed by atoms with Crippen molar-refractivity contribution in [2.24, 2.45) is 11.8 Å². The van der Waals surface area contributed by atoms with Crippen molar-refractivity contribution in [2.75, 3.05) is 13.1 Å². The summed E-state index contributed by atoms with van der Waals surface area (Å²) in [6.07, 6.45) is 2.55. The fourth-order valence-electron chi connectivity index (χ4n) is 9.18. The zero-order valence-corrected chi connectivity index (χ0v) is 41.8. The van der Waals surface area contributed by atoms with Crippen molar-refractivity contribution in [3.05, 3.63) is 116 Å². The molecule has 6 aromatic rings. The summed E-state index contributed by atoms with van der Waals surface area (Å²) in [5, 5.41) is 17.4. The fraction of sp³-hybridized carbons (Fsp3) is 0.440. The minimum atomic E-state index is -0.835. The van der Waals surface area contributed by atoms with E-state index in [2.05, 4.69) is 30.6 Å². The Morgan fingerprint density at radius 2 is 1.25 bits per heavy atom. The molecular formula is C50H59N9O6S3. The van der Waals surface area contributed by atoms with E-state index < -0.39 is 36.1 Å². The Bertz CT molecular complexity index is 2710. The topological polar surface area (TPSA) is 196 Å². The number of aromatic nitrogens is 5. The van der Waals surface area contributed by atoms with Crippen molar-refractivity contribution in [1.29, 1.82) is 0 Å². The van der Waals surface area contributed by atoms with Crippen molar-refractivity contribution in [1.82, 2.24) is 45.4 Å². The highest BCUT2D eigenvalue weighted by molar-refractivity contribution is 7.13. The zero-order chi connectivity index (χ0) is 48.2. The van der Waals surface area contributed by atoms with Crippen LogP contribution in [0.3, 0.4) is 0 Å². The van der Waals surface area contributed by atoms with Gasteiger partial charge in [0.15, 0.2) is 0 Å². The summed E-state index contributed by atoms with van der Waals surface area (Å²) in [4.78, 5) is 83.7. The molecule has 2 aliphatic heterocycles. The van der Waals surface area contributed by atoms with Gasteiger partial charge in [-0.3, -0.25) is 19.2 Å². The Balaban J connectivity index is 0.915. The number of H-pyrrole nitrogens is 1. The number of amides is 4. The number of carbonyl (C=O) groups excluding carboxylic acids is 4. The lowest BCUT2D eigenvalue weighted by atomic mass is 9.91. The molecule has 0 radical (unpaired) electrons. The number of rotatable bonds is 17. The second-order valence-corrected chi connectivity index (χ2v) is 21.3. The Morgan fingerprint density at radius 3 is 1.75 bits per heavy atom. The second kappa shape index (κ2) is 21.3. The van der Waals surface area contributed by atoms with Crippen molar-refractivity contribution in [2.45, 2.75) is 117 Å². The summed E-state index contributed by atoms with van der Waals surface area (Å²) in [5.41, 5.74) is 10.3. The van der Waals surface area contributed by atoms with Crippen LogP contribution >= 0.6 is 34.0 Å². The van der Waals surface area contributed by atoms with E-state index in [9.17, 15) is 24.3 Å². The number of nitrogens with zero attached hydrogens (tertiary/aromatic N) is 6. The molecule has 0 unspecified atom stereocenters. The Kier molecular flexibility index (Phi) is 15.3. The number of hydrogen-bond acceptors (Lipinski definition) is 13. The molecule has 0 bridgehead atoms. The first kappa shape index (κ1) is 48.8. The van der Waals surface area contributed by atoms with Gasteiger partial charge in [0.05, 0.1) is 67.7 Å². The SMILES string of the molecule is Cc1ncc([C@H](C(=O)N2C[C@H](OCc3cnc([C@H](C(=O)N4C[C@H](O)C[C@H]4C(=O)NCc4ccc(-c5scnc5C)cc4)C(C)C)s3)C[C@H]2C(=O)NCc2ccc(-c3scnc3C)cc2)C(C)C)[nH]1. The maximum Gasteiger partial charge on any atom is 0.243 e. The molecule has 6 atom stereocenters. The first-order chi connectivity index (χ1) is 32.6. The highest BCUT2D eigenvalue weighted by Gasteiger charge is 2.45. The molecule has 0 saturated carbocycles. The molecule has 18 heteroatoms. The first-order valence-electron chi connectivity index (χ1n) is 23.1. The van der Waals surface area contributed by atoms with Gasteiger partial charge in [-0.2, -0.15) is 0 Å². The maximum absolute atomic E-state index is 14.5. The summed E-state index contributed by atoms with van der Waals surface area (Å²) >= 11 is 4.54. The molecule has 4 N–H and O–H groups in total. The van der Waals surface area contributed by atoms with Crippen LogP contribution in [-0.4, -0.2) is 101 Å². The van der Waals surface area contributed by atoms with E-state index in [0.29, 0.717) is 29.5 Å². The molecule has 0 aliphatic carbocycles. The van der Waals surface area contributed by atoms with Crippen LogP contribution in [0.4, 0.5) is 0 Å². The van der Waals surface area contributed by atoms with Gasteiger partial charge in [0.1, 0.15) is 22.9 Å². The van der Waals surface area contributed by atoms with Crippen LogP contribution < -0.4 is 10.6 Å². The third-order valence-electron chi connectivity index (χ3n) is 12.8. The number of likely N-dealkylation sites (tertiary alicyclic amines) is 2. The van der Waals surface area contributed by atoms with E-state index in [1.807, 2.05) is 108 Å². The number of thiazole rings is 3. The van der Waals surface area contributed by atoms with Gasteiger partial charge in [-0.15, -0.1) is 34.0 Å². The molecule has 15 nitrogen and oxygen atoms in total. The molecule has 358 valence electrons. The predicted molar refractivity (Wildman–Crippen MR) is 264 cm³/mol. The molecule has 2 aromatic carbocycles. The Labute approximate surface area is 408 Å². The molecule has 4 aromatic heterocycles. The number of β-amino-alcohol motifs (C(OH)–C–C–N with tert-alkyl or cyclic N) is 1. The second-order valence-electron chi connectivity index (χ2n) is 18.5. The Morgan fingerprint density at radius 1 is 0.721 bits per heavy atom. The quantitative estimate of drug-likeness (QED) is 0.0721. The van der Waals surface area contributed by atoms with E-state index in [1.54, 1.807) is 40.0 Å². The highest BCUT2D eigenvalue weighted by atomic mass is 32.1. The maximum atomic E-state index is 14.5. The molecule has 2 saturated heterocycles. The number of carbonyl (C=O) groups is 4. The van der Waals surface area contributed by atoms with E-state index in [-0.39, 0.29) is 68.1 Å². The van der Waals surface area contributed by atoms with Crippen molar-refractivity contribution >= 4 is 57.6 Å². The van der Waals surface area contributed by atoms with Crippen LogP contribution in [0.1, 0.15) is 96.3 Å². The normalized spacial score (nSPS) is 19.2. The summed E-state index contributed by atoms with van der Waals surface area (Å²) in [7, 11) is 0. The van der Waals surface area contributed by atoms with Crippen molar-refractivity contribution < 1.29 is 29.0 Å². The number of aromatic amines is 1. The van der Waals surface area contributed by atoms with Crippen LogP contribution in [0, 0.1) is 32.6 Å². The van der Waals surface area contributed by atoms with Crippen LogP contribution in [0.15, 0.2) is 71.9 Å². The minimum Gasteiger partial charge on any atom is -0.391 e. The fourth-order valence-corrected chi connectivity index (χ4v) is 11.9. The lowest BCUT2D eigenvalue weighted by Crippen LogP contribution is -2.48. The number of aliphatic hydroxyl groups excluding tert-OH is 1. The summed E-state index contributed by atoms with van der Waals surface area (Å²) < 4.78 is 6.48. The van der Waals surface area contributed by atoms with Gasteiger partial charge in [0.2, 0.25) is 23.6 Å². The van der Waals surface area contributed by atoms with Gasteiger partial charge in [-0.05, 0) is 54.9 Å². The van der Waals surface area contributed by atoms with Gasteiger partial charge in [0.25, 0.3) is 0 Å². The van der Waals surface area contributed by atoms with Gasteiger partial charge in [-0.25, -0.2) is 19.9 Å². The van der Waals surface area contributed by atoms with Gasteiger partial charge < -0.3 is 35.3 Å². The lowest BCUT2D eigenvalue weighted by molar-refractivity contribution is -0.140. The van der Waals surface area contributed by atoms with E-state index >= 15 is 0 Å². The van der Waals surface area contributed by atoms with Crippen LogP contribution in [0.25, 0.3) is 20.9 Å². The van der Waals surface area contributed by atoms with Gasteiger partial charge >= 0.3 is 0 Å². The number of aliphatic hydroxyl groups is 1. The van der Waals surface area contributed by atoms with Gasteiger partial charge in [-0.1, -0.05) is 76.2 Å². The van der Waals surface area contributed by atoms with E-state index in [1.165, 1.54) is 16.2 Å². The predicted octanol–water partition coefficient (Wildman–Crippen LogP) is 7.30. The third kappa shape index (κ3) is 10.9. The molecule has 2 fully saturated rings. The van der Waals surface area contributed by atoms with E-state index in [4.69, 9.17) is 9.72 Å². The standard InChI is InChI=1S/C50H59N9O6S3/c1-27(2)42(39-21-51-31(7)57-39)49(63)59-23-37(17-41(59)47(62)53-19-33-10-14-35(15-11-33)45-30(6)56-26-67-45)65-24-38-20-54-48(68-38)43(28(3)4)50(64)58-22-36(60)16-40(58)46(61)52-18-32-8-12-34(13-9-32)44-29(5)55-25-66-44/h8-15,20-21,25-28,36-37,40-43,60H,16-19,22-24H2,1-7H3,(H,51,57)(H,52,61)(H,53,62)/t36-,37-,40+,41+,42-,43-/m1/s1. The van der Waals surface area contributed by atoms with Crippen molar-refractivity contribution in [3.8, 4) is 20.9 Å². The largest absolute Gasteiger partial charge is 0.391 e. The average molecular weight is 978 g/mol. The third-order valence-corrected chi connectivity index (χ3v) is 15.8. The summed E-state index contributed by atoms with van der Waals surface area (Å²) in [6.45, 7) is 14.7. The number of nitrogens with one attached hydrogen (secondary N) is 3. The number of benzene rings is 2. The van der Waals surface area contributed by atoms with Crippen LogP contribution in [0.5, 0.6) is 0 Å². The summed E-state index contributed by atoms with van der Waals surface area (Å²) in [5.74, 6) is -1.74. The minimum absolute atomic E-state index is 0.0488. The van der Waals surface area contributed by atoms with Crippen LogP contribution in [-0.2, 0) is 43.6 Å². The Hall–Kier alpha value is -5.66. The smallest absolute Gasteiger partial charge is 0.243 e. The average Bonchev–Trinajstić information content (AvgIpc) is 4.19. The number of hydrogen-bond donors (Lipinski definition) is 4. The molecule has 8 rings (SSSR count). The molecule has 68 heavy (non-hydrogen) atoms. The monoisotopic (exact) mass is 977 g/mol. The molecule has 0 spiro atoms. The molecule has 6 heterocycles. The summed E-state index contributed by atoms with van der Waals surface area (Å²) in [6, 6.07) is 14.4. The van der Waals surface area contributed by atoms with Gasteiger partial charge in [0, 0.05) is 57.1 Å². The molecule has 2 aliphatic rings. The number of ether oxygens (including phenoxy) is 1. The lowest BCUT2D eigenvalue weighted by Gasteiger charge is -2.29. The number of aryl methyl sites for hydroxylation is 3. The van der Waals surface area contributed by atoms with Crippen LogP contribution in [0.2, 0.25) is 0 Å². The van der Waals surface area contributed by atoms with Crippen molar-refractivity contribution in [3.63, 3.8) is 0 Å². The highest BCUT2D eigenvalue weighted by Crippen LogP contribution is 2.36.